The van der Waals surface area contributed by atoms with Gasteiger partial charge in [0.2, 0.25) is 10.0 Å². The van der Waals surface area contributed by atoms with E-state index in [1.54, 1.807) is 18.2 Å². The molecule has 0 aliphatic heterocycles. The van der Waals surface area contributed by atoms with E-state index in [9.17, 15) is 13.5 Å². The Kier molecular flexibility index (Phi) is 4.52. The highest BCUT2D eigenvalue weighted by Crippen LogP contribution is 2.30. The van der Waals surface area contributed by atoms with Gasteiger partial charge in [0.25, 0.3) is 0 Å². The number of aliphatic hydroxyl groups excluding tert-OH is 1. The molecule has 0 amide bonds. The van der Waals surface area contributed by atoms with Crippen LogP contribution in [-0.4, -0.2) is 39.5 Å². The van der Waals surface area contributed by atoms with Crippen LogP contribution in [0.1, 0.15) is 24.5 Å². The first-order chi connectivity index (χ1) is 9.47. The zero-order valence-corrected chi connectivity index (χ0v) is 12.3. The number of benzene rings is 1. The molecule has 112 valence electrons. The summed E-state index contributed by atoms with van der Waals surface area (Å²) in [7, 11) is -0.255. The third-order valence-corrected chi connectivity index (χ3v) is 5.15. The van der Waals surface area contributed by atoms with E-state index in [1.807, 2.05) is 0 Å². The van der Waals surface area contributed by atoms with Gasteiger partial charge in [-0.15, -0.1) is 0 Å². The van der Waals surface area contributed by atoms with E-state index in [0.717, 1.165) is 0 Å². The van der Waals surface area contributed by atoms with E-state index in [-0.39, 0.29) is 11.8 Å². The summed E-state index contributed by atoms with van der Waals surface area (Å²) in [5, 5.41) is 9.75. The molecule has 1 aromatic rings. The highest BCUT2D eigenvalue weighted by Gasteiger charge is 2.35. The van der Waals surface area contributed by atoms with Crippen LogP contribution in [0, 0.1) is 0 Å². The summed E-state index contributed by atoms with van der Waals surface area (Å²) in [4.78, 5) is 0. The quantitative estimate of drug-likeness (QED) is 0.779. The molecule has 0 saturated heterocycles. The lowest BCUT2D eigenvalue weighted by molar-refractivity contribution is 0.181. The smallest absolute Gasteiger partial charge is 0.214 e. The lowest BCUT2D eigenvalue weighted by Gasteiger charge is -2.15. The molecule has 2 rings (SSSR count). The van der Waals surface area contributed by atoms with E-state index in [2.05, 4.69) is 4.72 Å². The maximum atomic E-state index is 11.7. The Morgan fingerprint density at radius 1 is 1.30 bits per heavy atom. The van der Waals surface area contributed by atoms with E-state index in [1.165, 1.54) is 14.2 Å². The van der Waals surface area contributed by atoms with Crippen molar-refractivity contribution in [1.82, 2.24) is 4.72 Å². The SMILES string of the molecule is COc1ccc(C(O)CNS(=O)(=O)C2CC2)cc1OC. The van der Waals surface area contributed by atoms with E-state index >= 15 is 0 Å². The van der Waals surface area contributed by atoms with Crippen molar-refractivity contribution in [3.05, 3.63) is 23.8 Å². The van der Waals surface area contributed by atoms with E-state index in [4.69, 9.17) is 9.47 Å². The number of ether oxygens (including phenoxy) is 2. The van der Waals surface area contributed by atoms with Gasteiger partial charge >= 0.3 is 0 Å². The number of hydrogen-bond donors (Lipinski definition) is 2. The Hall–Kier alpha value is -1.31. The minimum Gasteiger partial charge on any atom is -0.493 e. The average molecular weight is 301 g/mol. The number of sulfonamides is 1. The van der Waals surface area contributed by atoms with Crippen molar-refractivity contribution in [3.63, 3.8) is 0 Å². The van der Waals surface area contributed by atoms with Crippen molar-refractivity contribution in [1.29, 1.82) is 0 Å². The molecule has 1 atom stereocenters. The van der Waals surface area contributed by atoms with Crippen LogP contribution < -0.4 is 14.2 Å². The molecule has 1 unspecified atom stereocenters. The molecule has 1 fully saturated rings. The predicted octanol–water partition coefficient (Wildman–Crippen LogP) is 0.819. The summed E-state index contributed by atoms with van der Waals surface area (Å²) in [6.07, 6.45) is 0.465. The highest BCUT2D eigenvalue weighted by atomic mass is 32.2. The number of rotatable bonds is 7. The first-order valence-electron chi connectivity index (χ1n) is 6.36. The summed E-state index contributed by atoms with van der Waals surface area (Å²) in [5.41, 5.74) is 0.571. The minimum absolute atomic E-state index is 0.0473. The average Bonchev–Trinajstić information content (AvgIpc) is 3.29. The zero-order valence-electron chi connectivity index (χ0n) is 11.5. The molecular formula is C13H19NO5S. The second-order valence-electron chi connectivity index (χ2n) is 4.72. The van der Waals surface area contributed by atoms with Crippen LogP contribution in [0.15, 0.2) is 18.2 Å². The van der Waals surface area contributed by atoms with Gasteiger partial charge in [-0.25, -0.2) is 13.1 Å². The fraction of sp³-hybridized carbons (Fsp3) is 0.538. The standard InChI is InChI=1S/C13H19NO5S/c1-18-12-6-3-9(7-13(12)19-2)11(15)8-14-20(16,17)10-4-5-10/h3,6-7,10-11,14-15H,4-5,8H2,1-2H3. The maximum absolute atomic E-state index is 11.7. The summed E-state index contributed by atoms with van der Waals surface area (Å²) in [6, 6.07) is 4.99. The van der Waals surface area contributed by atoms with Gasteiger partial charge in [-0.1, -0.05) is 6.07 Å². The third-order valence-electron chi connectivity index (χ3n) is 3.23. The van der Waals surface area contributed by atoms with Gasteiger partial charge in [0.15, 0.2) is 11.5 Å². The number of hydrogen-bond acceptors (Lipinski definition) is 5. The second-order valence-corrected chi connectivity index (χ2v) is 6.77. The van der Waals surface area contributed by atoms with Gasteiger partial charge in [-0.3, -0.25) is 0 Å². The van der Waals surface area contributed by atoms with Gasteiger partial charge in [0.05, 0.1) is 25.6 Å². The summed E-state index contributed by atoms with van der Waals surface area (Å²) in [5.74, 6) is 1.05. The number of nitrogens with one attached hydrogen (secondary N) is 1. The Morgan fingerprint density at radius 3 is 2.50 bits per heavy atom. The van der Waals surface area contributed by atoms with E-state index < -0.39 is 16.1 Å². The second kappa shape index (κ2) is 5.99. The summed E-state index contributed by atoms with van der Waals surface area (Å²) >= 11 is 0. The largest absolute Gasteiger partial charge is 0.493 e. The van der Waals surface area contributed by atoms with Crippen LogP contribution in [0.4, 0.5) is 0 Å². The Balaban J connectivity index is 2.03. The molecular weight excluding hydrogens is 282 g/mol. The van der Waals surface area contributed by atoms with Crippen molar-refractivity contribution in [2.24, 2.45) is 0 Å². The Bertz CT molecular complexity index is 568. The van der Waals surface area contributed by atoms with Gasteiger partial charge in [0.1, 0.15) is 0 Å². The van der Waals surface area contributed by atoms with Gasteiger partial charge in [-0.2, -0.15) is 0 Å². The number of methoxy groups -OCH3 is 2. The van der Waals surface area contributed by atoms with E-state index in [0.29, 0.717) is 29.9 Å². The molecule has 1 aliphatic carbocycles. The van der Waals surface area contributed by atoms with Gasteiger partial charge in [0, 0.05) is 6.54 Å². The maximum Gasteiger partial charge on any atom is 0.214 e. The molecule has 1 aromatic carbocycles. The fourth-order valence-electron chi connectivity index (χ4n) is 1.87. The highest BCUT2D eigenvalue weighted by molar-refractivity contribution is 7.90. The fourth-order valence-corrected chi connectivity index (χ4v) is 3.25. The Labute approximate surface area is 118 Å². The molecule has 0 heterocycles. The molecule has 20 heavy (non-hydrogen) atoms. The summed E-state index contributed by atoms with van der Waals surface area (Å²) in [6.45, 7) is -0.0473. The molecule has 1 aliphatic rings. The van der Waals surface area contributed by atoms with Crippen molar-refractivity contribution in [3.8, 4) is 11.5 Å². The normalized spacial score (nSPS) is 16.8. The molecule has 7 heteroatoms. The molecule has 6 nitrogen and oxygen atoms in total. The van der Waals surface area contributed by atoms with Crippen LogP contribution in [0.2, 0.25) is 0 Å². The minimum atomic E-state index is -3.28. The van der Waals surface area contributed by atoms with Crippen molar-refractivity contribution in [2.45, 2.75) is 24.2 Å². The topological polar surface area (TPSA) is 84.9 Å². The van der Waals surface area contributed by atoms with Crippen molar-refractivity contribution >= 4 is 10.0 Å². The molecule has 0 bridgehead atoms. The first-order valence-corrected chi connectivity index (χ1v) is 7.91. The summed E-state index contributed by atoms with van der Waals surface area (Å²) < 4.78 is 36.1. The molecule has 0 spiro atoms. The zero-order chi connectivity index (χ0) is 14.8. The van der Waals surface area contributed by atoms with Crippen molar-refractivity contribution in [2.75, 3.05) is 20.8 Å². The molecule has 0 aromatic heterocycles. The van der Waals surface area contributed by atoms with Crippen LogP contribution >= 0.6 is 0 Å². The lowest BCUT2D eigenvalue weighted by Crippen LogP contribution is -2.31. The Morgan fingerprint density at radius 2 is 1.95 bits per heavy atom. The lowest BCUT2D eigenvalue weighted by atomic mass is 10.1. The van der Waals surface area contributed by atoms with Crippen LogP contribution in [0.25, 0.3) is 0 Å². The van der Waals surface area contributed by atoms with Crippen molar-refractivity contribution < 1.29 is 23.0 Å². The molecule has 1 saturated carbocycles. The van der Waals surface area contributed by atoms with Gasteiger partial charge in [-0.05, 0) is 30.5 Å². The first kappa shape index (κ1) is 15.1. The third kappa shape index (κ3) is 3.41. The van der Waals surface area contributed by atoms with Gasteiger partial charge < -0.3 is 14.6 Å². The van der Waals surface area contributed by atoms with Crippen LogP contribution in [0.5, 0.6) is 11.5 Å². The van der Waals surface area contributed by atoms with Crippen LogP contribution in [0.3, 0.4) is 0 Å². The predicted molar refractivity (Wildman–Crippen MR) is 74.5 cm³/mol. The molecule has 0 radical (unpaired) electrons. The molecule has 2 N–H and O–H groups in total. The number of aliphatic hydroxyl groups is 1. The monoisotopic (exact) mass is 301 g/mol. The van der Waals surface area contributed by atoms with Crippen LogP contribution in [-0.2, 0) is 10.0 Å².